The molecule has 2 aromatic carbocycles. The van der Waals surface area contributed by atoms with Gasteiger partial charge in [-0.1, -0.05) is 67.8 Å². The van der Waals surface area contributed by atoms with Gasteiger partial charge in [0.05, 0.1) is 6.04 Å². The van der Waals surface area contributed by atoms with Crippen molar-refractivity contribution in [3.05, 3.63) is 102 Å². The predicted molar refractivity (Wildman–Crippen MR) is 142 cm³/mol. The van der Waals surface area contributed by atoms with Crippen LogP contribution in [0.3, 0.4) is 0 Å². The molecule has 33 heavy (non-hydrogen) atoms. The molecule has 2 heterocycles. The van der Waals surface area contributed by atoms with E-state index in [1.165, 1.54) is 40.8 Å². The zero-order valence-corrected chi connectivity index (χ0v) is 20.4. The summed E-state index contributed by atoms with van der Waals surface area (Å²) >= 11 is 0. The van der Waals surface area contributed by atoms with Gasteiger partial charge in [0.25, 0.3) is 0 Å². The summed E-state index contributed by atoms with van der Waals surface area (Å²) in [5.41, 5.74) is 6.96. The van der Waals surface area contributed by atoms with Crippen LogP contribution in [0.2, 0.25) is 0 Å². The van der Waals surface area contributed by atoms with Crippen molar-refractivity contribution in [1.29, 1.82) is 0 Å². The first-order valence-electron chi connectivity index (χ1n) is 12.5. The average Bonchev–Trinajstić information content (AvgIpc) is 3.29. The molecule has 2 aromatic rings. The summed E-state index contributed by atoms with van der Waals surface area (Å²) in [6.45, 7) is 19.0. The van der Waals surface area contributed by atoms with Crippen molar-refractivity contribution in [2.45, 2.75) is 51.9 Å². The number of likely N-dealkylation sites (tertiary alicyclic amines) is 1. The van der Waals surface area contributed by atoms with Crippen LogP contribution in [-0.2, 0) is 13.1 Å². The molecule has 0 aromatic heterocycles. The number of benzene rings is 2. The van der Waals surface area contributed by atoms with Crippen LogP contribution in [0, 0.1) is 0 Å². The molecule has 0 aliphatic carbocycles. The van der Waals surface area contributed by atoms with Crippen LogP contribution in [0.25, 0.3) is 0 Å². The van der Waals surface area contributed by atoms with Crippen LogP contribution < -0.4 is 4.90 Å². The SMILES string of the molecule is C=C/C=C(\C=C)C(c1ccccc1)N1CCC(N2Cc3ccc(N(CC)CC)cc3C2)CC1. The van der Waals surface area contributed by atoms with Gasteiger partial charge in [-0.05, 0) is 61.1 Å². The topological polar surface area (TPSA) is 9.72 Å². The molecule has 1 fully saturated rings. The average molecular weight is 442 g/mol. The third-order valence-corrected chi connectivity index (χ3v) is 7.42. The number of hydrogen-bond donors (Lipinski definition) is 0. The number of allylic oxidation sites excluding steroid dienone is 2. The summed E-state index contributed by atoms with van der Waals surface area (Å²) in [5.74, 6) is 0. The fourth-order valence-corrected chi connectivity index (χ4v) is 5.62. The van der Waals surface area contributed by atoms with E-state index in [1.54, 1.807) is 0 Å². The van der Waals surface area contributed by atoms with Gasteiger partial charge in [0.15, 0.2) is 0 Å². The third kappa shape index (κ3) is 5.15. The van der Waals surface area contributed by atoms with Gasteiger partial charge in [-0.15, -0.1) is 0 Å². The van der Waals surface area contributed by atoms with E-state index in [0.29, 0.717) is 6.04 Å². The van der Waals surface area contributed by atoms with E-state index in [0.717, 1.165) is 39.3 Å². The van der Waals surface area contributed by atoms with E-state index in [4.69, 9.17) is 0 Å². The Morgan fingerprint density at radius 1 is 1.00 bits per heavy atom. The largest absolute Gasteiger partial charge is 0.372 e. The van der Waals surface area contributed by atoms with E-state index in [2.05, 4.69) is 96.3 Å². The third-order valence-electron chi connectivity index (χ3n) is 7.42. The highest BCUT2D eigenvalue weighted by Crippen LogP contribution is 2.35. The minimum atomic E-state index is 0.245. The van der Waals surface area contributed by atoms with Crippen molar-refractivity contribution < 1.29 is 0 Å². The summed E-state index contributed by atoms with van der Waals surface area (Å²) in [4.78, 5) is 7.78. The molecule has 0 N–H and O–H groups in total. The molecule has 4 rings (SSSR count). The van der Waals surface area contributed by atoms with E-state index >= 15 is 0 Å². The van der Waals surface area contributed by atoms with Crippen molar-refractivity contribution in [1.82, 2.24) is 9.80 Å². The molecule has 3 heteroatoms. The molecular formula is C30H39N3. The smallest absolute Gasteiger partial charge is 0.0601 e. The van der Waals surface area contributed by atoms with Gasteiger partial charge in [0, 0.05) is 51.0 Å². The second-order valence-electron chi connectivity index (χ2n) is 9.22. The second-order valence-corrected chi connectivity index (χ2v) is 9.22. The van der Waals surface area contributed by atoms with Crippen molar-refractivity contribution in [2.75, 3.05) is 31.1 Å². The summed E-state index contributed by atoms with van der Waals surface area (Å²) in [7, 11) is 0. The highest BCUT2D eigenvalue weighted by Gasteiger charge is 2.32. The van der Waals surface area contributed by atoms with Crippen molar-refractivity contribution in [2.24, 2.45) is 0 Å². The Balaban J connectivity index is 1.44. The monoisotopic (exact) mass is 441 g/mol. The van der Waals surface area contributed by atoms with Gasteiger partial charge in [-0.2, -0.15) is 0 Å². The number of hydrogen-bond acceptors (Lipinski definition) is 3. The van der Waals surface area contributed by atoms with Crippen LogP contribution in [0.15, 0.2) is 85.5 Å². The lowest BCUT2D eigenvalue weighted by molar-refractivity contribution is 0.0910. The summed E-state index contributed by atoms with van der Waals surface area (Å²) in [5, 5.41) is 0. The number of anilines is 1. The number of nitrogens with zero attached hydrogens (tertiary/aromatic N) is 3. The zero-order valence-electron chi connectivity index (χ0n) is 20.4. The molecule has 3 nitrogen and oxygen atoms in total. The van der Waals surface area contributed by atoms with Crippen LogP contribution in [0.5, 0.6) is 0 Å². The molecule has 1 saturated heterocycles. The second kappa shape index (κ2) is 11.0. The maximum absolute atomic E-state index is 4.10. The van der Waals surface area contributed by atoms with Crippen LogP contribution in [0.1, 0.15) is 49.4 Å². The lowest BCUT2D eigenvalue weighted by Gasteiger charge is -2.41. The maximum atomic E-state index is 4.10. The first-order valence-corrected chi connectivity index (χ1v) is 12.5. The van der Waals surface area contributed by atoms with E-state index in [9.17, 15) is 0 Å². The van der Waals surface area contributed by atoms with Crippen molar-refractivity contribution >= 4 is 5.69 Å². The quantitative estimate of drug-likeness (QED) is 0.420. The van der Waals surface area contributed by atoms with Gasteiger partial charge in [0.2, 0.25) is 0 Å². The Morgan fingerprint density at radius 2 is 1.70 bits per heavy atom. The molecule has 1 unspecified atom stereocenters. The predicted octanol–water partition coefficient (Wildman–Crippen LogP) is 6.35. The van der Waals surface area contributed by atoms with Crippen molar-refractivity contribution in [3.8, 4) is 0 Å². The molecule has 2 aliphatic rings. The Labute approximate surface area is 200 Å². The van der Waals surface area contributed by atoms with E-state index in [1.807, 2.05) is 12.2 Å². The molecule has 1 atom stereocenters. The molecule has 0 saturated carbocycles. The standard InChI is InChI=1S/C30H39N3/c1-5-12-24(6-2)30(25-13-10-9-11-14-25)32-19-17-28(18-20-32)33-22-26-15-16-29(21-27(26)23-33)31(7-3)8-4/h5-6,9-16,21,28,30H,1-2,7-8,17-20,22-23H2,3-4H3/b24-12+. The summed E-state index contributed by atoms with van der Waals surface area (Å²) < 4.78 is 0. The van der Waals surface area contributed by atoms with Gasteiger partial charge in [-0.25, -0.2) is 0 Å². The van der Waals surface area contributed by atoms with Gasteiger partial charge in [-0.3, -0.25) is 9.80 Å². The molecule has 0 spiro atoms. The molecule has 0 amide bonds. The van der Waals surface area contributed by atoms with Crippen LogP contribution in [-0.4, -0.2) is 42.0 Å². The normalized spacial score (nSPS) is 18.7. The highest BCUT2D eigenvalue weighted by molar-refractivity contribution is 5.52. The molecule has 2 aliphatic heterocycles. The number of piperidine rings is 1. The molecule has 0 bridgehead atoms. The Hall–Kier alpha value is -2.62. The lowest BCUT2D eigenvalue weighted by atomic mass is 9.93. The Morgan fingerprint density at radius 3 is 2.33 bits per heavy atom. The van der Waals surface area contributed by atoms with Crippen LogP contribution >= 0.6 is 0 Å². The van der Waals surface area contributed by atoms with Gasteiger partial charge < -0.3 is 4.90 Å². The highest BCUT2D eigenvalue weighted by atomic mass is 15.2. The summed E-state index contributed by atoms with van der Waals surface area (Å²) in [6, 6.07) is 18.8. The zero-order chi connectivity index (χ0) is 23.2. The summed E-state index contributed by atoms with van der Waals surface area (Å²) in [6.07, 6.45) is 8.41. The van der Waals surface area contributed by atoms with E-state index in [-0.39, 0.29) is 6.04 Å². The first kappa shape index (κ1) is 23.5. The minimum absolute atomic E-state index is 0.245. The number of rotatable bonds is 9. The first-order chi connectivity index (χ1) is 16.2. The lowest BCUT2D eigenvalue weighted by Crippen LogP contribution is -2.44. The molecule has 0 radical (unpaired) electrons. The molecular weight excluding hydrogens is 402 g/mol. The fourth-order valence-electron chi connectivity index (χ4n) is 5.62. The Bertz CT molecular complexity index is 965. The maximum Gasteiger partial charge on any atom is 0.0601 e. The minimum Gasteiger partial charge on any atom is -0.372 e. The number of fused-ring (bicyclic) bond motifs is 1. The van der Waals surface area contributed by atoms with Gasteiger partial charge >= 0.3 is 0 Å². The fraction of sp³-hybridized carbons (Fsp3) is 0.400. The molecule has 174 valence electrons. The van der Waals surface area contributed by atoms with Gasteiger partial charge in [0.1, 0.15) is 0 Å². The van der Waals surface area contributed by atoms with E-state index < -0.39 is 0 Å². The Kier molecular flexibility index (Phi) is 7.85. The van der Waals surface area contributed by atoms with Crippen LogP contribution in [0.4, 0.5) is 5.69 Å². The van der Waals surface area contributed by atoms with Crippen molar-refractivity contribution in [3.63, 3.8) is 0 Å².